The Morgan fingerprint density at radius 3 is 2.48 bits per heavy atom. The second-order valence-corrected chi connectivity index (χ2v) is 9.72. The molecule has 1 aliphatic heterocycles. The maximum Gasteiger partial charge on any atom is 0.324 e. The number of primary amides is 1. The zero-order valence-corrected chi connectivity index (χ0v) is 17.0. The van der Waals surface area contributed by atoms with Gasteiger partial charge in [0.15, 0.2) is 0 Å². The molecule has 8 nitrogen and oxygen atoms in total. The Morgan fingerprint density at radius 1 is 1.26 bits per heavy atom. The molecule has 0 aromatic carbocycles. The van der Waals surface area contributed by atoms with Gasteiger partial charge in [-0.1, -0.05) is 11.3 Å². The van der Waals surface area contributed by atoms with Gasteiger partial charge in [0.25, 0.3) is 11.8 Å². The number of nitro groups is 1. The summed E-state index contributed by atoms with van der Waals surface area (Å²) >= 11 is 2.09. The SMILES string of the molecule is CC1(C)Cc2c(sc(NC(=O)c3ccc([N+](=O)[O-])s3)c2C(N)=O)C(C)(C)N1. The smallest absolute Gasteiger partial charge is 0.324 e. The Labute approximate surface area is 163 Å². The van der Waals surface area contributed by atoms with Crippen LogP contribution in [0.5, 0.6) is 0 Å². The quantitative estimate of drug-likeness (QED) is 0.529. The van der Waals surface area contributed by atoms with Crippen LogP contribution in [0.3, 0.4) is 0 Å². The van der Waals surface area contributed by atoms with Crippen molar-refractivity contribution in [2.45, 2.75) is 45.2 Å². The Kier molecular flexibility index (Phi) is 4.61. The Balaban J connectivity index is 2.01. The first-order chi connectivity index (χ1) is 12.4. The highest BCUT2D eigenvalue weighted by molar-refractivity contribution is 7.18. The van der Waals surface area contributed by atoms with Crippen molar-refractivity contribution in [3.05, 3.63) is 43.1 Å². The molecule has 0 atom stereocenters. The minimum absolute atomic E-state index is 0.118. The van der Waals surface area contributed by atoms with Gasteiger partial charge in [-0.2, -0.15) is 0 Å². The second kappa shape index (κ2) is 6.39. The minimum Gasteiger partial charge on any atom is -0.365 e. The maximum absolute atomic E-state index is 12.5. The lowest BCUT2D eigenvalue weighted by Crippen LogP contribution is -2.55. The van der Waals surface area contributed by atoms with E-state index in [1.54, 1.807) is 0 Å². The first kappa shape index (κ1) is 19.5. The summed E-state index contributed by atoms with van der Waals surface area (Å²) in [6.07, 6.45) is 0.598. The summed E-state index contributed by atoms with van der Waals surface area (Å²) < 4.78 is 0. The second-order valence-electron chi connectivity index (χ2n) is 7.64. The van der Waals surface area contributed by atoms with E-state index in [1.165, 1.54) is 23.5 Å². The number of nitrogens with zero attached hydrogens (tertiary/aromatic N) is 1. The maximum atomic E-state index is 12.5. The van der Waals surface area contributed by atoms with Crippen molar-refractivity contribution in [3.63, 3.8) is 0 Å². The van der Waals surface area contributed by atoms with Gasteiger partial charge in [0, 0.05) is 22.0 Å². The molecule has 0 saturated heterocycles. The lowest BCUT2D eigenvalue weighted by molar-refractivity contribution is -0.380. The number of amides is 2. The molecule has 3 heterocycles. The topological polar surface area (TPSA) is 127 Å². The molecular weight excluding hydrogens is 388 g/mol. The van der Waals surface area contributed by atoms with E-state index in [4.69, 9.17) is 5.73 Å². The van der Waals surface area contributed by atoms with E-state index in [9.17, 15) is 19.7 Å². The molecule has 144 valence electrons. The van der Waals surface area contributed by atoms with E-state index in [0.29, 0.717) is 17.0 Å². The molecule has 27 heavy (non-hydrogen) atoms. The minimum atomic E-state index is -0.603. The van der Waals surface area contributed by atoms with Crippen LogP contribution in [0.25, 0.3) is 0 Å². The first-order valence-electron chi connectivity index (χ1n) is 8.22. The van der Waals surface area contributed by atoms with E-state index in [0.717, 1.165) is 21.8 Å². The molecule has 0 bridgehead atoms. The van der Waals surface area contributed by atoms with Crippen molar-refractivity contribution in [2.24, 2.45) is 5.73 Å². The average Bonchev–Trinajstić information content (AvgIpc) is 3.10. The first-order valence-corrected chi connectivity index (χ1v) is 9.85. The number of anilines is 1. The molecule has 1 aliphatic rings. The molecule has 2 aromatic heterocycles. The third-order valence-corrected chi connectivity index (χ3v) is 6.82. The highest BCUT2D eigenvalue weighted by Crippen LogP contribution is 2.45. The predicted octanol–water partition coefficient (Wildman–Crippen LogP) is 3.23. The van der Waals surface area contributed by atoms with E-state index in [1.807, 2.05) is 27.7 Å². The third-order valence-electron chi connectivity index (χ3n) is 4.31. The zero-order chi connectivity index (χ0) is 20.1. The molecule has 2 aromatic rings. The molecule has 4 N–H and O–H groups in total. The lowest BCUT2D eigenvalue weighted by atomic mass is 9.81. The number of fused-ring (bicyclic) bond motifs is 1. The van der Waals surface area contributed by atoms with Crippen LogP contribution in [0.4, 0.5) is 10.0 Å². The number of thiophene rings is 2. The van der Waals surface area contributed by atoms with E-state index < -0.39 is 22.3 Å². The summed E-state index contributed by atoms with van der Waals surface area (Å²) in [5, 5.41) is 17.3. The lowest BCUT2D eigenvalue weighted by Gasteiger charge is -2.42. The molecule has 3 rings (SSSR count). The summed E-state index contributed by atoms with van der Waals surface area (Å²) in [7, 11) is 0. The Morgan fingerprint density at radius 2 is 1.93 bits per heavy atom. The summed E-state index contributed by atoms with van der Waals surface area (Å²) in [5.74, 6) is -1.10. The summed E-state index contributed by atoms with van der Waals surface area (Å²) in [6.45, 7) is 8.12. The fourth-order valence-electron chi connectivity index (χ4n) is 3.59. The summed E-state index contributed by atoms with van der Waals surface area (Å²) in [4.78, 5) is 36.1. The van der Waals surface area contributed by atoms with Crippen molar-refractivity contribution >= 4 is 44.5 Å². The van der Waals surface area contributed by atoms with E-state index >= 15 is 0 Å². The van der Waals surface area contributed by atoms with Crippen molar-refractivity contribution in [1.82, 2.24) is 5.32 Å². The number of carbonyl (C=O) groups is 2. The van der Waals surface area contributed by atoms with Crippen LogP contribution in [-0.2, 0) is 12.0 Å². The zero-order valence-electron chi connectivity index (χ0n) is 15.3. The third kappa shape index (κ3) is 3.60. The van der Waals surface area contributed by atoms with Crippen LogP contribution in [-0.4, -0.2) is 22.3 Å². The van der Waals surface area contributed by atoms with Crippen LogP contribution in [0.1, 0.15) is 58.2 Å². The molecule has 0 radical (unpaired) electrons. The number of hydrogen-bond acceptors (Lipinski definition) is 7. The fraction of sp³-hybridized carbons (Fsp3) is 0.412. The fourth-order valence-corrected chi connectivity index (χ4v) is 5.58. The number of nitrogens with one attached hydrogen (secondary N) is 2. The molecule has 0 saturated carbocycles. The van der Waals surface area contributed by atoms with Crippen molar-refractivity contribution in [1.29, 1.82) is 0 Å². The van der Waals surface area contributed by atoms with Crippen LogP contribution in [0, 0.1) is 10.1 Å². The van der Waals surface area contributed by atoms with Crippen LogP contribution >= 0.6 is 22.7 Å². The number of carbonyl (C=O) groups excluding carboxylic acids is 2. The average molecular weight is 409 g/mol. The largest absolute Gasteiger partial charge is 0.365 e. The van der Waals surface area contributed by atoms with Gasteiger partial charge in [-0.25, -0.2) is 0 Å². The molecule has 0 unspecified atom stereocenters. The molecule has 0 aliphatic carbocycles. The van der Waals surface area contributed by atoms with Gasteiger partial charge in [-0.15, -0.1) is 11.3 Å². The van der Waals surface area contributed by atoms with Gasteiger partial charge >= 0.3 is 5.00 Å². The molecule has 0 spiro atoms. The van der Waals surface area contributed by atoms with Crippen LogP contribution < -0.4 is 16.4 Å². The standard InChI is InChI=1S/C17H20N4O4S2/c1-16(2)7-8-11(13(18)22)15(27-12(8)17(3,4)20-16)19-14(23)9-5-6-10(26-9)21(24)25/h5-6,20H,7H2,1-4H3,(H2,18,22)(H,19,23). The molecular formula is C17H20N4O4S2. The van der Waals surface area contributed by atoms with E-state index in [2.05, 4.69) is 10.6 Å². The van der Waals surface area contributed by atoms with Crippen molar-refractivity contribution in [2.75, 3.05) is 5.32 Å². The normalized spacial score (nSPS) is 17.2. The highest BCUT2D eigenvalue weighted by atomic mass is 32.1. The molecule has 2 amide bonds. The predicted molar refractivity (Wildman–Crippen MR) is 106 cm³/mol. The van der Waals surface area contributed by atoms with Crippen molar-refractivity contribution in [3.8, 4) is 0 Å². The van der Waals surface area contributed by atoms with Gasteiger partial charge in [0.1, 0.15) is 5.00 Å². The Bertz CT molecular complexity index is 958. The summed E-state index contributed by atoms with van der Waals surface area (Å²) in [6, 6.07) is 2.67. The van der Waals surface area contributed by atoms with Gasteiger partial charge in [0.2, 0.25) is 0 Å². The number of rotatable bonds is 4. The summed E-state index contributed by atoms with van der Waals surface area (Å²) in [5.41, 5.74) is 6.16. The van der Waals surface area contributed by atoms with Gasteiger partial charge in [0.05, 0.1) is 15.4 Å². The van der Waals surface area contributed by atoms with Gasteiger partial charge in [-0.3, -0.25) is 19.7 Å². The monoisotopic (exact) mass is 408 g/mol. The van der Waals surface area contributed by atoms with Crippen LogP contribution in [0.15, 0.2) is 12.1 Å². The Hall–Kier alpha value is -2.30. The molecule has 0 fully saturated rings. The highest BCUT2D eigenvalue weighted by Gasteiger charge is 2.41. The van der Waals surface area contributed by atoms with Crippen molar-refractivity contribution < 1.29 is 14.5 Å². The van der Waals surface area contributed by atoms with Crippen LogP contribution in [0.2, 0.25) is 0 Å². The number of hydrogen-bond donors (Lipinski definition) is 3. The van der Waals surface area contributed by atoms with Gasteiger partial charge < -0.3 is 16.4 Å². The van der Waals surface area contributed by atoms with Gasteiger partial charge in [-0.05, 0) is 45.7 Å². The molecule has 10 heteroatoms. The number of nitrogens with two attached hydrogens (primary N) is 1. The van der Waals surface area contributed by atoms with E-state index in [-0.39, 0.29) is 15.4 Å².